The summed E-state index contributed by atoms with van der Waals surface area (Å²) in [5.41, 5.74) is 2.16. The maximum absolute atomic E-state index is 8.60. The molecule has 1 aromatic rings. The van der Waals surface area contributed by atoms with E-state index in [0.29, 0.717) is 13.2 Å². The van der Waals surface area contributed by atoms with Crippen molar-refractivity contribution in [1.82, 2.24) is 5.32 Å². The summed E-state index contributed by atoms with van der Waals surface area (Å²) in [5.74, 6) is 0.947. The van der Waals surface area contributed by atoms with E-state index in [-0.39, 0.29) is 6.61 Å². The number of benzene rings is 1. The van der Waals surface area contributed by atoms with Crippen LogP contribution < -0.4 is 10.1 Å². The Morgan fingerprint density at radius 3 is 2.44 bits per heavy atom. The van der Waals surface area contributed by atoms with E-state index in [1.807, 2.05) is 26.0 Å². The number of hydrogen-bond donors (Lipinski definition) is 2. The highest BCUT2D eigenvalue weighted by Gasteiger charge is 2.05. The van der Waals surface area contributed by atoms with Gasteiger partial charge in [-0.05, 0) is 56.5 Å². The number of nitrogens with one attached hydrogen (secondary N) is 1. The van der Waals surface area contributed by atoms with Crippen LogP contribution in [0.1, 0.15) is 24.0 Å². The second-order valence-corrected chi connectivity index (χ2v) is 4.83. The summed E-state index contributed by atoms with van der Waals surface area (Å²) in [7, 11) is 0. The fraction of sp³-hybridized carbons (Fsp3) is 0.571. The van der Waals surface area contributed by atoms with Crippen LogP contribution in [0.4, 0.5) is 0 Å². The van der Waals surface area contributed by atoms with Gasteiger partial charge < -0.3 is 15.2 Å². The number of aryl methyl sites for hydroxylation is 2. The number of hydrogen-bond acceptors (Lipinski definition) is 3. The molecule has 2 N–H and O–H groups in total. The molecule has 3 nitrogen and oxygen atoms in total. The van der Waals surface area contributed by atoms with Crippen molar-refractivity contribution in [2.45, 2.75) is 26.7 Å². The van der Waals surface area contributed by atoms with Gasteiger partial charge in [-0.2, -0.15) is 0 Å². The van der Waals surface area contributed by atoms with Crippen molar-refractivity contribution in [3.8, 4) is 5.75 Å². The number of ether oxygens (including phenoxy) is 1. The minimum atomic E-state index is 0.194. The van der Waals surface area contributed by atoms with Crippen LogP contribution in [0.2, 0.25) is 5.02 Å². The quantitative estimate of drug-likeness (QED) is 0.715. The van der Waals surface area contributed by atoms with E-state index in [0.717, 1.165) is 41.3 Å². The molecule has 0 aliphatic carbocycles. The van der Waals surface area contributed by atoms with Crippen molar-refractivity contribution < 1.29 is 9.84 Å². The molecule has 1 aromatic carbocycles. The van der Waals surface area contributed by atoms with E-state index < -0.39 is 0 Å². The van der Waals surface area contributed by atoms with Gasteiger partial charge in [0.05, 0.1) is 13.2 Å². The lowest BCUT2D eigenvalue weighted by atomic mass is 10.1. The Morgan fingerprint density at radius 2 is 1.83 bits per heavy atom. The molecule has 0 fully saturated rings. The highest BCUT2D eigenvalue weighted by molar-refractivity contribution is 6.30. The third kappa shape index (κ3) is 5.25. The van der Waals surface area contributed by atoms with E-state index in [1.165, 1.54) is 0 Å². The molecular formula is C14H22ClNO2. The van der Waals surface area contributed by atoms with Crippen molar-refractivity contribution in [3.05, 3.63) is 28.3 Å². The third-order valence-electron chi connectivity index (χ3n) is 2.71. The van der Waals surface area contributed by atoms with Crippen LogP contribution >= 0.6 is 11.6 Å². The van der Waals surface area contributed by atoms with Gasteiger partial charge in [0.15, 0.2) is 0 Å². The Morgan fingerprint density at radius 1 is 1.17 bits per heavy atom. The topological polar surface area (TPSA) is 41.5 Å². The molecule has 0 saturated carbocycles. The van der Waals surface area contributed by atoms with Crippen molar-refractivity contribution in [2.24, 2.45) is 0 Å². The first-order chi connectivity index (χ1) is 8.65. The Hall–Kier alpha value is -0.770. The van der Waals surface area contributed by atoms with Gasteiger partial charge in [-0.25, -0.2) is 0 Å². The fourth-order valence-corrected chi connectivity index (χ4v) is 2.18. The zero-order chi connectivity index (χ0) is 13.4. The van der Waals surface area contributed by atoms with E-state index in [4.69, 9.17) is 21.4 Å². The summed E-state index contributed by atoms with van der Waals surface area (Å²) in [5, 5.41) is 12.5. The van der Waals surface area contributed by atoms with Gasteiger partial charge in [0.1, 0.15) is 5.75 Å². The molecule has 0 saturated heterocycles. The van der Waals surface area contributed by atoms with E-state index in [9.17, 15) is 0 Å². The van der Waals surface area contributed by atoms with Gasteiger partial charge in [0, 0.05) is 11.6 Å². The van der Waals surface area contributed by atoms with Crippen molar-refractivity contribution in [3.63, 3.8) is 0 Å². The van der Waals surface area contributed by atoms with Crippen molar-refractivity contribution in [2.75, 3.05) is 26.3 Å². The molecule has 0 spiro atoms. The van der Waals surface area contributed by atoms with Crippen LogP contribution in [0.15, 0.2) is 12.1 Å². The molecule has 0 unspecified atom stereocenters. The molecule has 0 aromatic heterocycles. The average Bonchev–Trinajstić information content (AvgIpc) is 2.30. The fourth-order valence-electron chi connectivity index (χ4n) is 1.86. The lowest BCUT2D eigenvalue weighted by Crippen LogP contribution is -2.19. The number of aliphatic hydroxyl groups is 1. The highest BCUT2D eigenvalue weighted by atomic mass is 35.5. The number of halogens is 1. The molecule has 0 bridgehead atoms. The van der Waals surface area contributed by atoms with Gasteiger partial charge in [0.2, 0.25) is 0 Å². The summed E-state index contributed by atoms with van der Waals surface area (Å²) in [6.45, 7) is 6.51. The summed E-state index contributed by atoms with van der Waals surface area (Å²) in [6.07, 6.45) is 2.05. The first-order valence-electron chi connectivity index (χ1n) is 6.36. The van der Waals surface area contributed by atoms with Crippen molar-refractivity contribution in [1.29, 1.82) is 0 Å². The Labute approximate surface area is 114 Å². The first kappa shape index (κ1) is 15.3. The average molecular weight is 272 g/mol. The maximum atomic E-state index is 8.60. The standard InChI is InChI=1S/C14H22ClNO2/c1-11-9-13(15)10-12(2)14(11)18-8-4-3-5-16-6-7-17/h9-10,16-17H,3-8H2,1-2H3. The zero-order valence-electron chi connectivity index (χ0n) is 11.1. The molecule has 18 heavy (non-hydrogen) atoms. The molecule has 4 heteroatoms. The zero-order valence-corrected chi connectivity index (χ0v) is 11.9. The van der Waals surface area contributed by atoms with E-state index >= 15 is 0 Å². The number of aliphatic hydroxyl groups excluding tert-OH is 1. The molecule has 0 amide bonds. The van der Waals surface area contributed by atoms with E-state index in [2.05, 4.69) is 5.32 Å². The molecule has 0 aliphatic rings. The van der Waals surface area contributed by atoms with Crippen molar-refractivity contribution >= 4 is 11.6 Å². The van der Waals surface area contributed by atoms with Crippen LogP contribution in [0.25, 0.3) is 0 Å². The highest BCUT2D eigenvalue weighted by Crippen LogP contribution is 2.27. The molecule has 0 atom stereocenters. The van der Waals surface area contributed by atoms with Gasteiger partial charge in [-0.15, -0.1) is 0 Å². The predicted octanol–water partition coefficient (Wildman–Crippen LogP) is 2.70. The van der Waals surface area contributed by atoms with Crippen LogP contribution in [-0.2, 0) is 0 Å². The summed E-state index contributed by atoms with van der Waals surface area (Å²) in [4.78, 5) is 0. The third-order valence-corrected chi connectivity index (χ3v) is 2.93. The monoisotopic (exact) mass is 271 g/mol. The molecule has 1 rings (SSSR count). The van der Waals surface area contributed by atoms with Gasteiger partial charge in [-0.1, -0.05) is 11.6 Å². The van der Waals surface area contributed by atoms with Gasteiger partial charge in [0.25, 0.3) is 0 Å². The Balaban J connectivity index is 2.27. The SMILES string of the molecule is Cc1cc(Cl)cc(C)c1OCCCCNCCO. The van der Waals surface area contributed by atoms with Gasteiger partial charge >= 0.3 is 0 Å². The molecule has 0 heterocycles. The Kier molecular flexibility index (Phi) is 7.09. The van der Waals surface area contributed by atoms with Crippen LogP contribution in [-0.4, -0.2) is 31.4 Å². The lowest BCUT2D eigenvalue weighted by Gasteiger charge is -2.12. The lowest BCUT2D eigenvalue weighted by molar-refractivity contribution is 0.285. The summed E-state index contributed by atoms with van der Waals surface area (Å²) in [6, 6.07) is 3.85. The molecular weight excluding hydrogens is 250 g/mol. The first-order valence-corrected chi connectivity index (χ1v) is 6.74. The normalized spacial score (nSPS) is 10.7. The minimum absolute atomic E-state index is 0.194. The largest absolute Gasteiger partial charge is 0.493 e. The predicted molar refractivity (Wildman–Crippen MR) is 75.6 cm³/mol. The van der Waals surface area contributed by atoms with Crippen LogP contribution in [0, 0.1) is 13.8 Å². The Bertz CT molecular complexity index is 346. The van der Waals surface area contributed by atoms with Crippen LogP contribution in [0.3, 0.4) is 0 Å². The maximum Gasteiger partial charge on any atom is 0.125 e. The number of unbranched alkanes of at least 4 members (excludes halogenated alkanes) is 1. The molecule has 0 aliphatic heterocycles. The van der Waals surface area contributed by atoms with Crippen LogP contribution in [0.5, 0.6) is 5.75 Å². The molecule has 102 valence electrons. The number of rotatable bonds is 8. The smallest absolute Gasteiger partial charge is 0.125 e. The second kappa shape index (κ2) is 8.35. The second-order valence-electron chi connectivity index (χ2n) is 4.40. The minimum Gasteiger partial charge on any atom is -0.493 e. The molecule has 0 radical (unpaired) electrons. The van der Waals surface area contributed by atoms with E-state index in [1.54, 1.807) is 0 Å². The summed E-state index contributed by atoms with van der Waals surface area (Å²) < 4.78 is 5.79. The van der Waals surface area contributed by atoms with Gasteiger partial charge in [-0.3, -0.25) is 0 Å². The summed E-state index contributed by atoms with van der Waals surface area (Å²) >= 11 is 5.97.